The maximum Gasteiger partial charge on any atom is 0.344 e. The molecular formula is C23H26N4O5S. The molecule has 2 unspecified atom stereocenters. The van der Waals surface area contributed by atoms with Crippen LogP contribution in [0.25, 0.3) is 0 Å². The molecule has 2 aromatic carbocycles. The van der Waals surface area contributed by atoms with E-state index in [9.17, 15) is 22.8 Å². The van der Waals surface area contributed by atoms with E-state index in [1.54, 1.807) is 37.3 Å². The number of rotatable bonds is 5. The Bertz CT molecular complexity index is 1180. The van der Waals surface area contributed by atoms with Gasteiger partial charge in [0.05, 0.1) is 4.90 Å². The number of carbonyl (C=O) groups excluding carboxylic acids is 3. The lowest BCUT2D eigenvalue weighted by atomic mass is 9.92. The number of benzene rings is 2. The van der Waals surface area contributed by atoms with E-state index in [2.05, 4.69) is 10.7 Å². The Morgan fingerprint density at radius 2 is 1.73 bits per heavy atom. The summed E-state index contributed by atoms with van der Waals surface area (Å²) in [6.07, 6.45) is 2.63. The number of hydrazine groups is 1. The highest BCUT2D eigenvalue weighted by atomic mass is 32.2. The van der Waals surface area contributed by atoms with E-state index in [0.717, 1.165) is 19.3 Å². The number of urea groups is 1. The molecule has 0 spiro atoms. The van der Waals surface area contributed by atoms with E-state index in [1.165, 1.54) is 28.6 Å². The highest BCUT2D eigenvalue weighted by molar-refractivity contribution is 7.89. The number of nitrogens with one attached hydrogen (secondary N) is 2. The highest BCUT2D eigenvalue weighted by Gasteiger charge is 2.50. The van der Waals surface area contributed by atoms with Gasteiger partial charge in [0, 0.05) is 18.2 Å². The third-order valence-corrected chi connectivity index (χ3v) is 8.25. The van der Waals surface area contributed by atoms with Gasteiger partial charge in [0.15, 0.2) is 0 Å². The van der Waals surface area contributed by atoms with Crippen molar-refractivity contribution in [3.8, 4) is 0 Å². The first-order chi connectivity index (χ1) is 15.6. The molecule has 9 nitrogen and oxygen atoms in total. The second kappa shape index (κ2) is 8.60. The van der Waals surface area contributed by atoms with Crippen LogP contribution in [0.5, 0.6) is 0 Å². The molecular weight excluding hydrogens is 444 g/mol. The Balaban J connectivity index is 1.49. The third kappa shape index (κ3) is 4.11. The molecule has 2 fully saturated rings. The van der Waals surface area contributed by atoms with Gasteiger partial charge in [-0.05, 0) is 56.5 Å². The fourth-order valence-electron chi connectivity index (χ4n) is 4.22. The lowest BCUT2D eigenvalue weighted by Gasteiger charge is -2.32. The number of hydrogen-bond acceptors (Lipinski definition) is 5. The fourth-order valence-corrected chi connectivity index (χ4v) is 5.92. The Morgan fingerprint density at radius 3 is 2.36 bits per heavy atom. The van der Waals surface area contributed by atoms with Crippen LogP contribution in [-0.4, -0.2) is 48.2 Å². The molecule has 2 saturated heterocycles. The van der Waals surface area contributed by atoms with Crippen molar-refractivity contribution >= 4 is 27.9 Å². The summed E-state index contributed by atoms with van der Waals surface area (Å²) in [5.41, 5.74) is 1.72. The standard InChI is InChI=1S/C23H26N4O5S/c1-16-8-6-7-15-26(16)33(31,32)19-13-11-17(12-14-19)20(28)25-27-21(29)23(2,24-22(27)30)18-9-4-3-5-10-18/h3-5,9-14,16H,6-8,15H2,1-2H3,(H,24,30)(H,25,28). The van der Waals surface area contributed by atoms with Crippen molar-refractivity contribution in [3.05, 3.63) is 65.7 Å². The predicted molar refractivity (Wildman–Crippen MR) is 120 cm³/mol. The van der Waals surface area contributed by atoms with Gasteiger partial charge in [0.2, 0.25) is 10.0 Å². The van der Waals surface area contributed by atoms with E-state index in [0.29, 0.717) is 17.1 Å². The van der Waals surface area contributed by atoms with Crippen molar-refractivity contribution in [1.82, 2.24) is 20.1 Å². The maximum absolute atomic E-state index is 13.0. The summed E-state index contributed by atoms with van der Waals surface area (Å²) in [5.74, 6) is -1.32. The van der Waals surface area contributed by atoms with Gasteiger partial charge < -0.3 is 5.32 Å². The van der Waals surface area contributed by atoms with Crippen LogP contribution >= 0.6 is 0 Å². The summed E-state index contributed by atoms with van der Waals surface area (Å²) in [4.78, 5) is 38.2. The molecule has 2 aliphatic heterocycles. The zero-order chi connectivity index (χ0) is 23.8. The van der Waals surface area contributed by atoms with Crippen LogP contribution in [-0.2, 0) is 20.4 Å². The minimum atomic E-state index is -3.67. The van der Waals surface area contributed by atoms with Crippen molar-refractivity contribution in [2.24, 2.45) is 0 Å². The lowest BCUT2D eigenvalue weighted by molar-refractivity contribution is -0.132. The lowest BCUT2D eigenvalue weighted by Crippen LogP contribution is -2.47. The first-order valence-corrected chi connectivity index (χ1v) is 12.2. The van der Waals surface area contributed by atoms with Crippen LogP contribution in [0.1, 0.15) is 49.0 Å². The fraction of sp³-hybridized carbons (Fsp3) is 0.348. The number of carbonyl (C=O) groups is 3. The predicted octanol–water partition coefficient (Wildman–Crippen LogP) is 2.36. The number of imide groups is 1. The average molecular weight is 471 g/mol. The summed E-state index contributed by atoms with van der Waals surface area (Å²) in [7, 11) is -3.67. The Labute approximate surface area is 192 Å². The normalized spacial score (nSPS) is 23.9. The topological polar surface area (TPSA) is 116 Å². The molecule has 2 heterocycles. The molecule has 0 bridgehead atoms. The van der Waals surface area contributed by atoms with Crippen LogP contribution in [0.3, 0.4) is 0 Å². The summed E-state index contributed by atoms with van der Waals surface area (Å²) in [6.45, 7) is 3.92. The first-order valence-electron chi connectivity index (χ1n) is 10.8. The van der Waals surface area contributed by atoms with Crippen molar-refractivity contribution in [2.75, 3.05) is 6.54 Å². The number of amides is 4. The number of nitrogens with zero attached hydrogens (tertiary/aromatic N) is 2. The van der Waals surface area contributed by atoms with Crippen molar-refractivity contribution in [2.45, 2.75) is 49.6 Å². The van der Waals surface area contributed by atoms with Crippen LogP contribution in [0, 0.1) is 0 Å². The number of piperidine rings is 1. The van der Waals surface area contributed by atoms with Gasteiger partial charge >= 0.3 is 6.03 Å². The molecule has 0 aliphatic carbocycles. The van der Waals surface area contributed by atoms with Gasteiger partial charge in [-0.25, -0.2) is 13.2 Å². The highest BCUT2D eigenvalue weighted by Crippen LogP contribution is 2.28. The first kappa shape index (κ1) is 22.9. The SMILES string of the molecule is CC1CCCCN1S(=O)(=O)c1ccc(C(=O)NN2C(=O)NC(C)(c3ccccc3)C2=O)cc1. The molecule has 0 radical (unpaired) electrons. The van der Waals surface area contributed by atoms with Crippen LogP contribution in [0.2, 0.25) is 0 Å². The number of sulfonamides is 1. The zero-order valence-corrected chi connectivity index (χ0v) is 19.3. The Kier molecular flexibility index (Phi) is 5.98. The minimum absolute atomic E-state index is 0.0784. The average Bonchev–Trinajstić information content (AvgIpc) is 3.03. The van der Waals surface area contributed by atoms with Gasteiger partial charge in [-0.1, -0.05) is 36.8 Å². The van der Waals surface area contributed by atoms with Crippen LogP contribution < -0.4 is 10.7 Å². The summed E-state index contributed by atoms with van der Waals surface area (Å²) < 4.78 is 27.4. The molecule has 4 rings (SSSR count). The third-order valence-electron chi connectivity index (χ3n) is 6.22. The van der Waals surface area contributed by atoms with Crippen molar-refractivity contribution in [1.29, 1.82) is 0 Å². The number of hydrogen-bond donors (Lipinski definition) is 2. The van der Waals surface area contributed by atoms with Gasteiger partial charge in [-0.2, -0.15) is 9.31 Å². The molecule has 4 amide bonds. The van der Waals surface area contributed by atoms with E-state index in [-0.39, 0.29) is 16.5 Å². The molecule has 2 aliphatic rings. The Hall–Kier alpha value is -3.24. The van der Waals surface area contributed by atoms with Gasteiger partial charge in [0.25, 0.3) is 11.8 Å². The Morgan fingerprint density at radius 1 is 1.06 bits per heavy atom. The largest absolute Gasteiger partial charge is 0.344 e. The second-order valence-electron chi connectivity index (χ2n) is 8.49. The van der Waals surface area contributed by atoms with E-state index in [4.69, 9.17) is 0 Å². The molecule has 2 atom stereocenters. The molecule has 0 aromatic heterocycles. The van der Waals surface area contributed by atoms with Crippen molar-refractivity contribution < 1.29 is 22.8 Å². The van der Waals surface area contributed by atoms with E-state index >= 15 is 0 Å². The summed E-state index contributed by atoms with van der Waals surface area (Å²) >= 11 is 0. The van der Waals surface area contributed by atoms with Crippen LogP contribution in [0.15, 0.2) is 59.5 Å². The molecule has 10 heteroatoms. The second-order valence-corrected chi connectivity index (χ2v) is 10.4. The molecule has 33 heavy (non-hydrogen) atoms. The monoisotopic (exact) mass is 470 g/mol. The molecule has 174 valence electrons. The molecule has 0 saturated carbocycles. The quantitative estimate of drug-likeness (QED) is 0.651. The summed E-state index contributed by atoms with van der Waals surface area (Å²) in [6, 6.07) is 13.4. The smallest absolute Gasteiger partial charge is 0.318 e. The van der Waals surface area contributed by atoms with Gasteiger partial charge in [0.1, 0.15) is 5.54 Å². The minimum Gasteiger partial charge on any atom is -0.318 e. The van der Waals surface area contributed by atoms with Gasteiger partial charge in [-0.15, -0.1) is 0 Å². The molecule has 2 aromatic rings. The maximum atomic E-state index is 13.0. The van der Waals surface area contributed by atoms with Crippen molar-refractivity contribution in [3.63, 3.8) is 0 Å². The summed E-state index contributed by atoms with van der Waals surface area (Å²) in [5, 5.41) is 3.26. The van der Waals surface area contributed by atoms with Crippen LogP contribution in [0.4, 0.5) is 4.79 Å². The molecule has 2 N–H and O–H groups in total. The van der Waals surface area contributed by atoms with Gasteiger partial charge in [-0.3, -0.25) is 15.0 Å². The zero-order valence-electron chi connectivity index (χ0n) is 18.4. The van der Waals surface area contributed by atoms with E-state index in [1.807, 2.05) is 6.92 Å². The van der Waals surface area contributed by atoms with E-state index < -0.39 is 33.4 Å².